The van der Waals surface area contributed by atoms with Gasteiger partial charge in [0, 0.05) is 5.56 Å². The van der Waals surface area contributed by atoms with Gasteiger partial charge in [0.25, 0.3) is 0 Å². The summed E-state index contributed by atoms with van der Waals surface area (Å²) in [6.07, 6.45) is 1.59. The van der Waals surface area contributed by atoms with Crippen LogP contribution in [0.1, 0.15) is 12.5 Å². The van der Waals surface area contributed by atoms with Gasteiger partial charge in [0.1, 0.15) is 13.2 Å². The largest absolute Gasteiger partial charge is 0.870 e. The maximum Gasteiger partial charge on any atom is 0.364 e. The third kappa shape index (κ3) is 5.24. The molecule has 0 radical (unpaired) electrons. The van der Waals surface area contributed by atoms with Gasteiger partial charge < -0.3 is 14.7 Å². The predicted octanol–water partition coefficient (Wildman–Crippen LogP) is 2.20. The van der Waals surface area contributed by atoms with E-state index in [-0.39, 0.29) is 24.1 Å². The smallest absolute Gasteiger partial charge is 0.364 e. The highest BCUT2D eigenvalue weighted by Crippen LogP contribution is 2.14. The van der Waals surface area contributed by atoms with E-state index in [1.807, 2.05) is 39.2 Å². The van der Waals surface area contributed by atoms with Crippen molar-refractivity contribution in [1.29, 1.82) is 0 Å². The fourth-order valence-corrected chi connectivity index (χ4v) is 1.74. The van der Waals surface area contributed by atoms with E-state index in [1.54, 1.807) is 6.08 Å². The molecule has 1 aromatic carbocycles. The van der Waals surface area contributed by atoms with Gasteiger partial charge in [-0.2, -0.15) is 0 Å². The van der Waals surface area contributed by atoms with Gasteiger partial charge in [-0.1, -0.05) is 43.0 Å². The molecule has 0 fully saturated rings. The summed E-state index contributed by atoms with van der Waals surface area (Å²) >= 11 is 0. The first-order valence-corrected chi connectivity index (χ1v) is 6.11. The molecule has 0 aliphatic heterocycles. The van der Waals surface area contributed by atoms with E-state index in [2.05, 4.69) is 18.7 Å². The number of hydrogen-bond acceptors (Lipinski definition) is 3. The topological polar surface area (TPSA) is 56.3 Å². The number of ether oxygens (including phenoxy) is 1. The van der Waals surface area contributed by atoms with Crippen LogP contribution < -0.4 is 0 Å². The number of rotatable bonds is 6. The molecule has 0 heterocycles. The third-order valence-electron chi connectivity index (χ3n) is 3.17. The van der Waals surface area contributed by atoms with Crippen LogP contribution in [-0.4, -0.2) is 42.7 Å². The lowest BCUT2D eigenvalue weighted by molar-refractivity contribution is -0.917. The first kappa shape index (κ1) is 17.4. The predicted molar refractivity (Wildman–Crippen MR) is 74.8 cm³/mol. The fourth-order valence-electron chi connectivity index (χ4n) is 1.74. The molecule has 0 saturated carbocycles. The standard InChI is InChI=1S/C15H22NO2.H2O/c1-5-11-18-15(17)13(2)16(3,4)12-14-9-7-6-8-10-14;/h5-10,13H,1,11-12H2,2-4H3;1H2/q+1;/p-1. The lowest BCUT2D eigenvalue weighted by Crippen LogP contribution is -2.51. The van der Waals surface area contributed by atoms with Crippen LogP contribution in [0.5, 0.6) is 0 Å². The average molecular weight is 265 g/mol. The van der Waals surface area contributed by atoms with Crippen molar-refractivity contribution in [3.63, 3.8) is 0 Å². The van der Waals surface area contributed by atoms with Crippen molar-refractivity contribution in [2.45, 2.75) is 19.5 Å². The minimum absolute atomic E-state index is 0. The summed E-state index contributed by atoms with van der Waals surface area (Å²) in [5, 5.41) is 0. The van der Waals surface area contributed by atoms with Crippen LogP contribution >= 0.6 is 0 Å². The molecule has 0 aliphatic carbocycles. The highest BCUT2D eigenvalue weighted by Gasteiger charge is 2.31. The normalized spacial score (nSPS) is 12.2. The van der Waals surface area contributed by atoms with E-state index in [0.29, 0.717) is 4.48 Å². The molecule has 0 bridgehead atoms. The van der Waals surface area contributed by atoms with Gasteiger partial charge in [0.2, 0.25) is 0 Å². The molecule has 106 valence electrons. The van der Waals surface area contributed by atoms with Crippen LogP contribution in [0.25, 0.3) is 0 Å². The van der Waals surface area contributed by atoms with E-state index in [0.717, 1.165) is 6.54 Å². The molecular weight excluding hydrogens is 242 g/mol. The van der Waals surface area contributed by atoms with Crippen molar-refractivity contribution < 1.29 is 19.5 Å². The second-order valence-electron chi connectivity index (χ2n) is 5.02. The van der Waals surface area contributed by atoms with E-state index in [9.17, 15) is 4.79 Å². The van der Waals surface area contributed by atoms with Crippen LogP contribution in [0.3, 0.4) is 0 Å². The number of benzene rings is 1. The zero-order valence-corrected chi connectivity index (χ0v) is 11.9. The summed E-state index contributed by atoms with van der Waals surface area (Å²) < 4.78 is 5.67. The molecule has 0 aliphatic rings. The molecule has 4 nitrogen and oxygen atoms in total. The van der Waals surface area contributed by atoms with E-state index >= 15 is 0 Å². The minimum Gasteiger partial charge on any atom is -0.870 e. The molecule has 0 aromatic heterocycles. The molecule has 0 saturated heterocycles. The Labute approximate surface area is 115 Å². The average Bonchev–Trinajstić information content (AvgIpc) is 2.35. The Bertz CT molecular complexity index is 401. The Kier molecular flexibility index (Phi) is 7.04. The summed E-state index contributed by atoms with van der Waals surface area (Å²) in [6.45, 7) is 6.51. The Morgan fingerprint density at radius 1 is 1.37 bits per heavy atom. The molecule has 0 spiro atoms. The van der Waals surface area contributed by atoms with Crippen LogP contribution in [-0.2, 0) is 16.1 Å². The van der Waals surface area contributed by atoms with Crippen LogP contribution in [0.2, 0.25) is 0 Å². The van der Waals surface area contributed by atoms with Gasteiger partial charge in [0.15, 0.2) is 6.04 Å². The summed E-state index contributed by atoms with van der Waals surface area (Å²) in [5.41, 5.74) is 1.21. The van der Waals surface area contributed by atoms with Gasteiger partial charge >= 0.3 is 5.97 Å². The van der Waals surface area contributed by atoms with Gasteiger partial charge in [-0.15, -0.1) is 0 Å². The van der Waals surface area contributed by atoms with E-state index < -0.39 is 0 Å². The Morgan fingerprint density at radius 2 is 1.95 bits per heavy atom. The Balaban J connectivity index is 0.00000324. The van der Waals surface area contributed by atoms with E-state index in [4.69, 9.17) is 4.74 Å². The molecule has 19 heavy (non-hydrogen) atoms. The third-order valence-corrected chi connectivity index (χ3v) is 3.17. The van der Waals surface area contributed by atoms with Gasteiger partial charge in [0.05, 0.1) is 14.1 Å². The van der Waals surface area contributed by atoms with Crippen molar-refractivity contribution in [1.82, 2.24) is 0 Å². The zero-order chi connectivity index (χ0) is 13.6. The lowest BCUT2D eigenvalue weighted by Gasteiger charge is -2.34. The molecule has 4 heteroatoms. The van der Waals surface area contributed by atoms with Crippen molar-refractivity contribution in [3.05, 3.63) is 48.6 Å². The second-order valence-corrected chi connectivity index (χ2v) is 5.02. The summed E-state index contributed by atoms with van der Waals surface area (Å²) in [4.78, 5) is 11.9. The van der Waals surface area contributed by atoms with Crippen LogP contribution in [0.4, 0.5) is 0 Å². The van der Waals surface area contributed by atoms with Crippen molar-refractivity contribution in [3.8, 4) is 0 Å². The van der Waals surface area contributed by atoms with Crippen molar-refractivity contribution in [2.24, 2.45) is 0 Å². The van der Waals surface area contributed by atoms with Crippen LogP contribution in [0.15, 0.2) is 43.0 Å². The number of carbonyl (C=O) groups excluding carboxylic acids is 1. The SMILES string of the molecule is C=CCOC(=O)C(C)[N+](C)(C)Cc1ccccc1.[OH-]. The summed E-state index contributed by atoms with van der Waals surface area (Å²) in [6, 6.07) is 9.95. The minimum atomic E-state index is -0.204. The summed E-state index contributed by atoms with van der Waals surface area (Å²) in [5.74, 6) is -0.184. The fraction of sp³-hybridized carbons (Fsp3) is 0.400. The molecule has 1 rings (SSSR count). The summed E-state index contributed by atoms with van der Waals surface area (Å²) in [7, 11) is 4.07. The molecule has 1 unspecified atom stereocenters. The Morgan fingerprint density at radius 3 is 2.47 bits per heavy atom. The lowest BCUT2D eigenvalue weighted by atomic mass is 10.1. The van der Waals surface area contributed by atoms with Crippen molar-refractivity contribution >= 4 is 5.97 Å². The van der Waals surface area contributed by atoms with E-state index in [1.165, 1.54) is 5.56 Å². The number of likely N-dealkylation sites (N-methyl/N-ethyl adjacent to an activating group) is 1. The monoisotopic (exact) mass is 265 g/mol. The molecule has 1 N–H and O–H groups in total. The Hall–Kier alpha value is -1.65. The number of nitrogens with zero attached hydrogens (tertiary/aromatic N) is 1. The van der Waals surface area contributed by atoms with Gasteiger partial charge in [-0.05, 0) is 6.92 Å². The highest BCUT2D eigenvalue weighted by molar-refractivity contribution is 5.74. The molecule has 1 atom stereocenters. The number of carbonyl (C=O) groups is 1. The quantitative estimate of drug-likeness (QED) is 0.450. The zero-order valence-electron chi connectivity index (χ0n) is 11.9. The molecule has 0 amide bonds. The number of hydrogen-bond donors (Lipinski definition) is 0. The maximum absolute atomic E-state index is 11.9. The first-order valence-electron chi connectivity index (χ1n) is 6.11. The maximum atomic E-state index is 11.9. The second kappa shape index (κ2) is 7.71. The van der Waals surface area contributed by atoms with Gasteiger partial charge in [-0.3, -0.25) is 0 Å². The first-order chi connectivity index (χ1) is 8.47. The number of esters is 1. The van der Waals surface area contributed by atoms with Crippen LogP contribution in [0, 0.1) is 0 Å². The highest BCUT2D eigenvalue weighted by atomic mass is 16.5. The van der Waals surface area contributed by atoms with Crippen molar-refractivity contribution in [2.75, 3.05) is 20.7 Å². The number of quaternary nitrogens is 1. The molecule has 1 aromatic rings. The van der Waals surface area contributed by atoms with Gasteiger partial charge in [-0.25, -0.2) is 4.79 Å². The molecular formula is C15H23NO3.